The molecular formula is C21H28F2IN3O3. The van der Waals surface area contributed by atoms with Crippen LogP contribution >= 0.6 is 24.0 Å². The molecule has 2 aromatic rings. The average molecular weight is 535 g/mol. The van der Waals surface area contributed by atoms with Gasteiger partial charge in [-0.1, -0.05) is 24.3 Å². The van der Waals surface area contributed by atoms with Gasteiger partial charge in [-0.15, -0.1) is 24.0 Å². The number of aliphatic imine (C=N–C) groups is 1. The number of methoxy groups -OCH3 is 1. The first kappa shape index (κ1) is 25.7. The van der Waals surface area contributed by atoms with Crippen molar-refractivity contribution in [3.63, 3.8) is 0 Å². The third kappa shape index (κ3) is 9.47. The molecule has 2 rings (SSSR count). The minimum absolute atomic E-state index is 0. The van der Waals surface area contributed by atoms with Crippen molar-refractivity contribution in [2.75, 3.05) is 33.9 Å². The molecule has 0 saturated carbocycles. The Bertz CT molecular complexity index is 764. The highest BCUT2D eigenvalue weighted by atomic mass is 127. The summed E-state index contributed by atoms with van der Waals surface area (Å²) in [5.41, 5.74) is 0.848. The van der Waals surface area contributed by atoms with Crippen LogP contribution in [0.1, 0.15) is 12.0 Å². The highest BCUT2D eigenvalue weighted by Crippen LogP contribution is 2.29. The third-order valence-corrected chi connectivity index (χ3v) is 4.00. The van der Waals surface area contributed by atoms with Crippen molar-refractivity contribution in [1.82, 2.24) is 10.6 Å². The van der Waals surface area contributed by atoms with Crippen molar-refractivity contribution < 1.29 is 23.0 Å². The number of para-hydroxylation sites is 1. The Hall–Kier alpha value is -2.30. The number of benzene rings is 2. The summed E-state index contributed by atoms with van der Waals surface area (Å²) in [6.45, 7) is -0.999. The molecule has 0 atom stereocenters. The Morgan fingerprint density at radius 2 is 1.77 bits per heavy atom. The first-order valence-corrected chi connectivity index (χ1v) is 9.36. The van der Waals surface area contributed by atoms with Gasteiger partial charge < -0.3 is 24.8 Å². The Labute approximate surface area is 193 Å². The molecule has 0 saturated heterocycles. The van der Waals surface area contributed by atoms with Crippen molar-refractivity contribution >= 4 is 29.9 Å². The summed E-state index contributed by atoms with van der Waals surface area (Å²) in [5, 5.41) is 6.41. The highest BCUT2D eigenvalue weighted by Gasteiger charge is 2.11. The van der Waals surface area contributed by atoms with E-state index in [1.807, 2.05) is 36.4 Å². The van der Waals surface area contributed by atoms with Crippen LogP contribution in [0.5, 0.6) is 17.2 Å². The number of alkyl halides is 2. The molecule has 0 aliphatic carbocycles. The number of halogens is 3. The lowest BCUT2D eigenvalue weighted by Crippen LogP contribution is -2.39. The van der Waals surface area contributed by atoms with Gasteiger partial charge >= 0.3 is 6.61 Å². The summed E-state index contributed by atoms with van der Waals surface area (Å²) < 4.78 is 40.2. The molecule has 166 valence electrons. The minimum atomic E-state index is -2.90. The molecule has 30 heavy (non-hydrogen) atoms. The fraction of sp³-hybridized carbons (Fsp3) is 0.381. The second-order valence-electron chi connectivity index (χ2n) is 6.05. The van der Waals surface area contributed by atoms with E-state index in [0.29, 0.717) is 32.1 Å². The zero-order chi connectivity index (χ0) is 20.9. The van der Waals surface area contributed by atoms with E-state index in [4.69, 9.17) is 9.47 Å². The smallest absolute Gasteiger partial charge is 0.387 e. The van der Waals surface area contributed by atoms with Crippen molar-refractivity contribution in [2.24, 2.45) is 4.99 Å². The maximum absolute atomic E-state index is 12.5. The minimum Gasteiger partial charge on any atom is -0.494 e. The molecule has 2 aromatic carbocycles. The Balaban J connectivity index is 0.00000450. The van der Waals surface area contributed by atoms with Gasteiger partial charge in [0.15, 0.2) is 17.5 Å². The van der Waals surface area contributed by atoms with Crippen LogP contribution < -0.4 is 24.8 Å². The van der Waals surface area contributed by atoms with E-state index in [1.165, 1.54) is 7.11 Å². The van der Waals surface area contributed by atoms with Crippen LogP contribution in [0.3, 0.4) is 0 Å². The van der Waals surface area contributed by atoms with Gasteiger partial charge in [0.2, 0.25) is 0 Å². The number of hydrogen-bond donors (Lipinski definition) is 2. The molecule has 0 aromatic heterocycles. The van der Waals surface area contributed by atoms with Gasteiger partial charge in [0.05, 0.1) is 13.7 Å². The lowest BCUT2D eigenvalue weighted by Gasteiger charge is -2.14. The monoisotopic (exact) mass is 535 g/mol. The summed E-state index contributed by atoms with van der Waals surface area (Å²) in [5.74, 6) is 1.82. The predicted molar refractivity (Wildman–Crippen MR) is 125 cm³/mol. The molecule has 0 bridgehead atoms. The average Bonchev–Trinajstić information content (AvgIpc) is 2.72. The normalized spacial score (nSPS) is 10.9. The number of ether oxygens (including phenoxy) is 3. The van der Waals surface area contributed by atoms with Crippen LogP contribution in [0.4, 0.5) is 8.78 Å². The molecule has 0 heterocycles. The zero-order valence-electron chi connectivity index (χ0n) is 17.1. The van der Waals surface area contributed by atoms with E-state index in [-0.39, 0.29) is 35.5 Å². The molecule has 0 amide bonds. The quantitative estimate of drug-likeness (QED) is 0.197. The Morgan fingerprint density at radius 1 is 1.03 bits per heavy atom. The molecular weight excluding hydrogens is 507 g/mol. The van der Waals surface area contributed by atoms with Gasteiger partial charge in [-0.05, 0) is 42.7 Å². The van der Waals surface area contributed by atoms with Gasteiger partial charge in [0, 0.05) is 20.1 Å². The van der Waals surface area contributed by atoms with E-state index in [1.54, 1.807) is 19.2 Å². The number of nitrogens with zero attached hydrogens (tertiary/aromatic N) is 1. The molecule has 0 spiro atoms. The number of rotatable bonds is 11. The van der Waals surface area contributed by atoms with Crippen molar-refractivity contribution in [2.45, 2.75) is 19.5 Å². The van der Waals surface area contributed by atoms with E-state index in [2.05, 4.69) is 20.4 Å². The molecule has 0 fully saturated rings. The third-order valence-electron chi connectivity index (χ3n) is 4.00. The Morgan fingerprint density at radius 3 is 2.43 bits per heavy atom. The topological polar surface area (TPSA) is 64.1 Å². The van der Waals surface area contributed by atoms with Crippen molar-refractivity contribution in [1.29, 1.82) is 0 Å². The second-order valence-corrected chi connectivity index (χ2v) is 6.05. The van der Waals surface area contributed by atoms with Crippen LogP contribution in [0.25, 0.3) is 0 Å². The lowest BCUT2D eigenvalue weighted by molar-refractivity contribution is -0.0512. The van der Waals surface area contributed by atoms with Crippen molar-refractivity contribution in [3.8, 4) is 17.2 Å². The van der Waals surface area contributed by atoms with Crippen LogP contribution in [0.2, 0.25) is 0 Å². The SMILES string of the molecule is CN=C(NCCCOc1ccccc1)NCCc1ccc(OC)c(OC(F)F)c1.I. The first-order valence-electron chi connectivity index (χ1n) is 9.36. The summed E-state index contributed by atoms with van der Waals surface area (Å²) in [7, 11) is 3.10. The number of guanidine groups is 1. The maximum Gasteiger partial charge on any atom is 0.387 e. The summed E-state index contributed by atoms with van der Waals surface area (Å²) in [6.07, 6.45) is 1.43. The molecule has 2 N–H and O–H groups in total. The molecule has 0 unspecified atom stereocenters. The lowest BCUT2D eigenvalue weighted by atomic mass is 10.1. The van der Waals surface area contributed by atoms with Gasteiger partial charge in [0.25, 0.3) is 0 Å². The molecule has 9 heteroatoms. The van der Waals surface area contributed by atoms with Crippen LogP contribution in [-0.2, 0) is 6.42 Å². The molecule has 0 aliphatic rings. The van der Waals surface area contributed by atoms with Gasteiger partial charge in [-0.3, -0.25) is 4.99 Å². The van der Waals surface area contributed by atoms with E-state index >= 15 is 0 Å². The highest BCUT2D eigenvalue weighted by molar-refractivity contribution is 14.0. The number of hydrogen-bond acceptors (Lipinski definition) is 4. The zero-order valence-corrected chi connectivity index (χ0v) is 19.4. The molecule has 0 aliphatic heterocycles. The maximum atomic E-state index is 12.5. The Kier molecular flexibility index (Phi) is 12.6. The molecule has 0 radical (unpaired) electrons. The largest absolute Gasteiger partial charge is 0.494 e. The predicted octanol–water partition coefficient (Wildman–Crippen LogP) is 4.09. The van der Waals surface area contributed by atoms with Crippen molar-refractivity contribution in [3.05, 3.63) is 54.1 Å². The summed E-state index contributed by atoms with van der Waals surface area (Å²) in [4.78, 5) is 4.17. The fourth-order valence-corrected chi connectivity index (χ4v) is 2.60. The first-order chi connectivity index (χ1) is 14.1. The van der Waals surface area contributed by atoms with Crippen LogP contribution in [-0.4, -0.2) is 46.4 Å². The van der Waals surface area contributed by atoms with Crippen LogP contribution in [0, 0.1) is 0 Å². The standard InChI is InChI=1S/C21H27F2N3O3.HI/c1-24-21(25-12-6-14-28-17-7-4-3-5-8-17)26-13-11-16-9-10-18(27-2)19(15-16)29-20(22)23;/h3-5,7-10,15,20H,6,11-14H2,1-2H3,(H2,24,25,26);1H. The number of nitrogens with one attached hydrogen (secondary N) is 2. The van der Waals surface area contributed by atoms with Crippen LogP contribution in [0.15, 0.2) is 53.5 Å². The van der Waals surface area contributed by atoms with Gasteiger partial charge in [-0.2, -0.15) is 8.78 Å². The summed E-state index contributed by atoms with van der Waals surface area (Å²) >= 11 is 0. The van der Waals surface area contributed by atoms with E-state index in [0.717, 1.165) is 17.7 Å². The molecule has 6 nitrogen and oxygen atoms in total. The van der Waals surface area contributed by atoms with E-state index < -0.39 is 6.61 Å². The summed E-state index contributed by atoms with van der Waals surface area (Å²) in [6, 6.07) is 14.7. The fourth-order valence-electron chi connectivity index (χ4n) is 2.60. The second kappa shape index (κ2) is 14.6. The van der Waals surface area contributed by atoms with Gasteiger partial charge in [0.1, 0.15) is 5.75 Å². The van der Waals surface area contributed by atoms with Gasteiger partial charge in [-0.25, -0.2) is 0 Å². The van der Waals surface area contributed by atoms with E-state index in [9.17, 15) is 8.78 Å².